The molecular formula is C13H22N4O. The first-order valence-electron chi connectivity index (χ1n) is 6.63. The van der Waals surface area contributed by atoms with Crippen molar-refractivity contribution in [3.8, 4) is 0 Å². The lowest BCUT2D eigenvalue weighted by Gasteiger charge is -2.34. The van der Waals surface area contributed by atoms with Crippen molar-refractivity contribution in [1.82, 2.24) is 20.4 Å². The number of carbonyl (C=O) groups excluding carboxylic acids is 1. The van der Waals surface area contributed by atoms with Crippen molar-refractivity contribution in [2.45, 2.75) is 45.7 Å². The van der Waals surface area contributed by atoms with Crippen LogP contribution in [0.1, 0.15) is 42.9 Å². The summed E-state index contributed by atoms with van der Waals surface area (Å²) in [5.41, 5.74) is 1.40. The van der Waals surface area contributed by atoms with E-state index >= 15 is 0 Å². The van der Waals surface area contributed by atoms with Crippen LogP contribution in [-0.2, 0) is 0 Å². The monoisotopic (exact) mass is 250 g/mol. The van der Waals surface area contributed by atoms with Crippen LogP contribution in [0.4, 0.5) is 0 Å². The number of piperidine rings is 1. The first-order chi connectivity index (χ1) is 8.56. The second-order valence-corrected chi connectivity index (χ2v) is 5.31. The zero-order valence-corrected chi connectivity index (χ0v) is 11.4. The van der Waals surface area contributed by atoms with Gasteiger partial charge in [-0.05, 0) is 39.7 Å². The first kappa shape index (κ1) is 13.1. The minimum absolute atomic E-state index is 0.0673. The molecule has 1 aromatic rings. The van der Waals surface area contributed by atoms with Gasteiger partial charge in [0.05, 0.1) is 0 Å². The molecule has 1 fully saturated rings. The van der Waals surface area contributed by atoms with Crippen molar-refractivity contribution in [2.75, 3.05) is 13.1 Å². The number of carbonyl (C=O) groups is 1. The van der Waals surface area contributed by atoms with Crippen LogP contribution in [-0.4, -0.2) is 46.2 Å². The van der Waals surface area contributed by atoms with E-state index in [-0.39, 0.29) is 11.9 Å². The van der Waals surface area contributed by atoms with E-state index in [9.17, 15) is 4.79 Å². The SMILES string of the molecule is Cc1cc(C(=O)NC2CCN(C(C)C)CC2)n[nH]1. The smallest absolute Gasteiger partial charge is 0.271 e. The fraction of sp³-hybridized carbons (Fsp3) is 0.692. The summed E-state index contributed by atoms with van der Waals surface area (Å²) in [7, 11) is 0. The van der Waals surface area contributed by atoms with E-state index in [0.29, 0.717) is 11.7 Å². The number of likely N-dealkylation sites (tertiary alicyclic amines) is 1. The molecule has 18 heavy (non-hydrogen) atoms. The summed E-state index contributed by atoms with van der Waals surface area (Å²) in [4.78, 5) is 14.4. The van der Waals surface area contributed by atoms with Gasteiger partial charge in [-0.1, -0.05) is 0 Å². The first-order valence-corrected chi connectivity index (χ1v) is 6.63. The number of nitrogens with one attached hydrogen (secondary N) is 2. The maximum Gasteiger partial charge on any atom is 0.271 e. The van der Waals surface area contributed by atoms with Gasteiger partial charge in [0.1, 0.15) is 5.69 Å². The van der Waals surface area contributed by atoms with Gasteiger partial charge in [-0.25, -0.2) is 0 Å². The Morgan fingerprint density at radius 2 is 2.17 bits per heavy atom. The molecule has 0 spiro atoms. The molecule has 0 aromatic carbocycles. The minimum Gasteiger partial charge on any atom is -0.348 e. The third kappa shape index (κ3) is 3.10. The van der Waals surface area contributed by atoms with Crippen LogP contribution in [0.5, 0.6) is 0 Å². The Hall–Kier alpha value is -1.36. The van der Waals surface area contributed by atoms with Crippen LogP contribution in [0.25, 0.3) is 0 Å². The van der Waals surface area contributed by atoms with Crippen LogP contribution in [0, 0.1) is 6.92 Å². The Morgan fingerprint density at radius 1 is 1.50 bits per heavy atom. The lowest BCUT2D eigenvalue weighted by molar-refractivity contribution is 0.0895. The molecule has 0 unspecified atom stereocenters. The third-order valence-corrected chi connectivity index (χ3v) is 3.53. The molecule has 2 N–H and O–H groups in total. The summed E-state index contributed by atoms with van der Waals surface area (Å²) >= 11 is 0. The van der Waals surface area contributed by atoms with Gasteiger partial charge in [0, 0.05) is 30.9 Å². The Morgan fingerprint density at radius 3 is 2.67 bits per heavy atom. The van der Waals surface area contributed by atoms with Gasteiger partial charge in [0.15, 0.2) is 0 Å². The molecule has 100 valence electrons. The lowest BCUT2D eigenvalue weighted by Crippen LogP contribution is -2.46. The molecule has 1 amide bonds. The highest BCUT2D eigenvalue weighted by atomic mass is 16.2. The second kappa shape index (κ2) is 5.52. The average molecular weight is 250 g/mol. The maximum atomic E-state index is 11.9. The Balaban J connectivity index is 1.83. The summed E-state index contributed by atoms with van der Waals surface area (Å²) in [6.07, 6.45) is 2.04. The Bertz CT molecular complexity index is 405. The summed E-state index contributed by atoms with van der Waals surface area (Å²) in [6, 6.07) is 2.65. The van der Waals surface area contributed by atoms with E-state index in [1.807, 2.05) is 6.92 Å². The van der Waals surface area contributed by atoms with Crippen molar-refractivity contribution < 1.29 is 4.79 Å². The zero-order chi connectivity index (χ0) is 13.1. The van der Waals surface area contributed by atoms with Gasteiger partial charge in [-0.2, -0.15) is 5.10 Å². The molecule has 1 aliphatic rings. The second-order valence-electron chi connectivity index (χ2n) is 5.31. The van der Waals surface area contributed by atoms with Gasteiger partial charge in [-0.15, -0.1) is 0 Å². The third-order valence-electron chi connectivity index (χ3n) is 3.53. The number of aromatic nitrogens is 2. The van der Waals surface area contributed by atoms with E-state index in [0.717, 1.165) is 31.6 Å². The molecule has 5 nitrogen and oxygen atoms in total. The highest BCUT2D eigenvalue weighted by Gasteiger charge is 2.22. The van der Waals surface area contributed by atoms with Crippen LogP contribution < -0.4 is 5.32 Å². The van der Waals surface area contributed by atoms with Crippen molar-refractivity contribution in [3.05, 3.63) is 17.5 Å². The number of hydrogen-bond acceptors (Lipinski definition) is 3. The fourth-order valence-corrected chi connectivity index (χ4v) is 2.35. The quantitative estimate of drug-likeness (QED) is 0.850. The summed E-state index contributed by atoms with van der Waals surface area (Å²) < 4.78 is 0. The van der Waals surface area contributed by atoms with Crippen LogP contribution in [0.3, 0.4) is 0 Å². The highest BCUT2D eigenvalue weighted by molar-refractivity contribution is 5.92. The van der Waals surface area contributed by atoms with E-state index < -0.39 is 0 Å². The standard InChI is InChI=1S/C13H22N4O/c1-9(2)17-6-4-11(5-7-17)14-13(18)12-8-10(3)15-16-12/h8-9,11H,4-7H2,1-3H3,(H,14,18)(H,15,16). The zero-order valence-electron chi connectivity index (χ0n) is 11.4. The summed E-state index contributed by atoms with van der Waals surface area (Å²) in [6.45, 7) is 8.44. The molecule has 0 radical (unpaired) electrons. The predicted molar refractivity (Wildman–Crippen MR) is 70.5 cm³/mol. The molecule has 0 aliphatic carbocycles. The van der Waals surface area contributed by atoms with Gasteiger partial charge in [0.2, 0.25) is 0 Å². The van der Waals surface area contributed by atoms with E-state index in [2.05, 4.69) is 34.3 Å². The Labute approximate surface area is 108 Å². The van der Waals surface area contributed by atoms with Gasteiger partial charge < -0.3 is 10.2 Å². The topological polar surface area (TPSA) is 61.0 Å². The molecular weight excluding hydrogens is 228 g/mol. The summed E-state index contributed by atoms with van der Waals surface area (Å²) in [5, 5.41) is 9.83. The van der Waals surface area contributed by atoms with Gasteiger partial charge in [0.25, 0.3) is 5.91 Å². The van der Waals surface area contributed by atoms with Crippen molar-refractivity contribution >= 4 is 5.91 Å². The molecule has 2 heterocycles. The number of amides is 1. The average Bonchev–Trinajstić information content (AvgIpc) is 2.76. The number of aromatic amines is 1. The van der Waals surface area contributed by atoms with Crippen LogP contribution in [0.15, 0.2) is 6.07 Å². The predicted octanol–water partition coefficient (Wildman–Crippen LogP) is 1.32. The normalized spacial score (nSPS) is 18.2. The number of hydrogen-bond donors (Lipinski definition) is 2. The van der Waals surface area contributed by atoms with E-state index in [1.165, 1.54) is 0 Å². The molecule has 0 bridgehead atoms. The highest BCUT2D eigenvalue weighted by Crippen LogP contribution is 2.13. The number of aryl methyl sites for hydroxylation is 1. The van der Waals surface area contributed by atoms with Crippen molar-refractivity contribution in [2.24, 2.45) is 0 Å². The van der Waals surface area contributed by atoms with Crippen molar-refractivity contribution in [1.29, 1.82) is 0 Å². The molecule has 1 aromatic heterocycles. The molecule has 1 aliphatic heterocycles. The minimum atomic E-state index is -0.0673. The van der Waals surface area contributed by atoms with Crippen LogP contribution in [0.2, 0.25) is 0 Å². The molecule has 5 heteroatoms. The van der Waals surface area contributed by atoms with Gasteiger partial charge in [-0.3, -0.25) is 9.89 Å². The maximum absolute atomic E-state index is 11.9. The number of rotatable bonds is 3. The molecule has 0 saturated carbocycles. The molecule has 1 saturated heterocycles. The summed E-state index contributed by atoms with van der Waals surface area (Å²) in [5.74, 6) is -0.0673. The fourth-order valence-electron chi connectivity index (χ4n) is 2.35. The molecule has 0 atom stereocenters. The lowest BCUT2D eigenvalue weighted by atomic mass is 10.0. The largest absolute Gasteiger partial charge is 0.348 e. The number of H-pyrrole nitrogens is 1. The van der Waals surface area contributed by atoms with E-state index in [4.69, 9.17) is 0 Å². The Kier molecular flexibility index (Phi) is 4.01. The molecule has 2 rings (SSSR count). The van der Waals surface area contributed by atoms with Gasteiger partial charge >= 0.3 is 0 Å². The number of nitrogens with zero attached hydrogens (tertiary/aromatic N) is 2. The van der Waals surface area contributed by atoms with E-state index in [1.54, 1.807) is 6.07 Å². The van der Waals surface area contributed by atoms with Crippen molar-refractivity contribution in [3.63, 3.8) is 0 Å². The van der Waals surface area contributed by atoms with Crippen LogP contribution >= 0.6 is 0 Å².